The molecule has 2 rings (SSSR count). The van der Waals surface area contributed by atoms with Crippen LogP contribution in [0.2, 0.25) is 0 Å². The van der Waals surface area contributed by atoms with E-state index in [-0.39, 0.29) is 43.6 Å². The summed E-state index contributed by atoms with van der Waals surface area (Å²) < 4.78 is 18.8. The van der Waals surface area contributed by atoms with E-state index in [1.54, 1.807) is 63.2 Å². The molecule has 2 aromatic rings. The lowest BCUT2D eigenvalue weighted by Gasteiger charge is -2.19. The van der Waals surface area contributed by atoms with Crippen LogP contribution in [0.4, 0.5) is 14.9 Å². The summed E-state index contributed by atoms with van der Waals surface area (Å²) >= 11 is 0. The second-order valence-electron chi connectivity index (χ2n) is 8.25. The van der Waals surface area contributed by atoms with Crippen molar-refractivity contribution < 1.29 is 23.5 Å². The van der Waals surface area contributed by atoms with Gasteiger partial charge in [0.05, 0.1) is 0 Å². The maximum atomic E-state index is 13.7. The highest BCUT2D eigenvalue weighted by atomic mass is 19.1. The minimum absolute atomic E-state index is 0.0937. The number of ether oxygens (including phenoxy) is 1. The Labute approximate surface area is 187 Å². The largest absolute Gasteiger partial charge is 0.444 e. The quantitative estimate of drug-likeness (QED) is 0.547. The lowest BCUT2D eigenvalue weighted by Crippen LogP contribution is -2.35. The molecule has 0 bridgehead atoms. The van der Waals surface area contributed by atoms with Gasteiger partial charge in [-0.05, 0) is 50.5 Å². The zero-order valence-corrected chi connectivity index (χ0v) is 18.7. The molecule has 2 aromatic carbocycles. The Kier molecular flexibility index (Phi) is 9.19. The molecule has 0 aliphatic rings. The van der Waals surface area contributed by atoms with Gasteiger partial charge in [0.1, 0.15) is 11.4 Å². The van der Waals surface area contributed by atoms with Crippen molar-refractivity contribution >= 4 is 23.6 Å². The SMILES string of the molecule is CC(C)(C)OC(=O)NCCC(=O)NCc1ccccc1NC(=O)CCc1ccccc1F. The number of anilines is 1. The maximum Gasteiger partial charge on any atom is 0.407 e. The number of halogens is 1. The molecule has 0 aliphatic heterocycles. The summed E-state index contributed by atoms with van der Waals surface area (Å²) in [6, 6.07) is 13.5. The summed E-state index contributed by atoms with van der Waals surface area (Å²) in [6.45, 7) is 5.64. The summed E-state index contributed by atoms with van der Waals surface area (Å²) in [5, 5.41) is 8.12. The van der Waals surface area contributed by atoms with Crippen molar-refractivity contribution in [2.45, 2.75) is 52.2 Å². The smallest absolute Gasteiger partial charge is 0.407 e. The van der Waals surface area contributed by atoms with Crippen LogP contribution in [-0.4, -0.2) is 30.1 Å². The first-order valence-electron chi connectivity index (χ1n) is 10.5. The molecule has 0 spiro atoms. The van der Waals surface area contributed by atoms with Crippen LogP contribution in [0.15, 0.2) is 48.5 Å². The summed E-state index contributed by atoms with van der Waals surface area (Å²) in [5.74, 6) is -0.820. The van der Waals surface area contributed by atoms with E-state index in [2.05, 4.69) is 16.0 Å². The molecule has 0 radical (unpaired) electrons. The van der Waals surface area contributed by atoms with Gasteiger partial charge < -0.3 is 20.7 Å². The van der Waals surface area contributed by atoms with E-state index in [1.165, 1.54) is 6.07 Å². The molecular formula is C24H30FN3O4. The lowest BCUT2D eigenvalue weighted by atomic mass is 10.1. The van der Waals surface area contributed by atoms with Gasteiger partial charge in [-0.25, -0.2) is 9.18 Å². The van der Waals surface area contributed by atoms with Crippen molar-refractivity contribution in [1.82, 2.24) is 10.6 Å². The molecular weight excluding hydrogens is 413 g/mol. The zero-order chi connectivity index (χ0) is 23.6. The summed E-state index contributed by atoms with van der Waals surface area (Å²) in [7, 11) is 0. The van der Waals surface area contributed by atoms with E-state index in [9.17, 15) is 18.8 Å². The van der Waals surface area contributed by atoms with Crippen LogP contribution in [0.5, 0.6) is 0 Å². The molecule has 7 nitrogen and oxygen atoms in total. The fourth-order valence-electron chi connectivity index (χ4n) is 2.83. The lowest BCUT2D eigenvalue weighted by molar-refractivity contribution is -0.121. The predicted octanol–water partition coefficient (Wildman–Crippen LogP) is 3.93. The standard InChI is InChI=1S/C24H30FN3O4/c1-24(2,3)32-23(31)26-15-14-21(29)27-16-18-9-5-7-11-20(18)28-22(30)13-12-17-8-4-6-10-19(17)25/h4-11H,12-16H2,1-3H3,(H,26,31)(H,27,29)(H,28,30). The molecule has 172 valence electrons. The Balaban J connectivity index is 1.79. The van der Waals surface area contributed by atoms with Crippen LogP contribution in [0.1, 0.15) is 44.7 Å². The van der Waals surface area contributed by atoms with E-state index in [1.807, 2.05) is 0 Å². The van der Waals surface area contributed by atoms with Crippen molar-refractivity contribution in [1.29, 1.82) is 0 Å². The minimum atomic E-state index is -0.601. The van der Waals surface area contributed by atoms with Gasteiger partial charge in [0.2, 0.25) is 11.8 Å². The minimum Gasteiger partial charge on any atom is -0.444 e. The first-order chi connectivity index (χ1) is 15.1. The number of hydrogen-bond donors (Lipinski definition) is 3. The van der Waals surface area contributed by atoms with Gasteiger partial charge in [0.15, 0.2) is 0 Å². The van der Waals surface area contributed by atoms with Crippen LogP contribution in [0.3, 0.4) is 0 Å². The van der Waals surface area contributed by atoms with Crippen molar-refractivity contribution in [2.24, 2.45) is 0 Å². The van der Waals surface area contributed by atoms with E-state index in [0.29, 0.717) is 17.7 Å². The molecule has 32 heavy (non-hydrogen) atoms. The number of hydrogen-bond acceptors (Lipinski definition) is 4. The number of nitrogens with one attached hydrogen (secondary N) is 3. The Morgan fingerprint density at radius 1 is 0.875 bits per heavy atom. The number of carbonyl (C=O) groups excluding carboxylic acids is 3. The highest BCUT2D eigenvalue weighted by Gasteiger charge is 2.16. The number of benzene rings is 2. The molecule has 0 fully saturated rings. The average molecular weight is 444 g/mol. The third-order valence-corrected chi connectivity index (χ3v) is 4.37. The van der Waals surface area contributed by atoms with Gasteiger partial charge in [0, 0.05) is 31.6 Å². The van der Waals surface area contributed by atoms with Gasteiger partial charge in [0.25, 0.3) is 0 Å². The van der Waals surface area contributed by atoms with E-state index in [4.69, 9.17) is 4.74 Å². The number of amides is 3. The van der Waals surface area contributed by atoms with Crippen LogP contribution in [-0.2, 0) is 27.3 Å². The monoisotopic (exact) mass is 443 g/mol. The van der Waals surface area contributed by atoms with Crippen molar-refractivity contribution in [3.8, 4) is 0 Å². The highest BCUT2D eigenvalue weighted by molar-refractivity contribution is 5.91. The van der Waals surface area contributed by atoms with Crippen LogP contribution in [0.25, 0.3) is 0 Å². The normalized spacial score (nSPS) is 10.9. The van der Waals surface area contributed by atoms with Gasteiger partial charge in [-0.1, -0.05) is 36.4 Å². The molecule has 0 aliphatic carbocycles. The molecule has 0 saturated carbocycles. The van der Waals surface area contributed by atoms with Gasteiger partial charge >= 0.3 is 6.09 Å². The molecule has 0 heterocycles. The fourth-order valence-corrected chi connectivity index (χ4v) is 2.83. The average Bonchev–Trinajstić information content (AvgIpc) is 2.71. The highest BCUT2D eigenvalue weighted by Crippen LogP contribution is 2.16. The number of para-hydroxylation sites is 1. The summed E-state index contributed by atoms with van der Waals surface area (Å²) in [5.41, 5.74) is 1.21. The second kappa shape index (κ2) is 11.8. The molecule has 0 atom stereocenters. The van der Waals surface area contributed by atoms with Crippen molar-refractivity contribution in [2.75, 3.05) is 11.9 Å². The van der Waals surface area contributed by atoms with Crippen molar-refractivity contribution in [3.63, 3.8) is 0 Å². The Morgan fingerprint density at radius 2 is 1.53 bits per heavy atom. The van der Waals surface area contributed by atoms with Crippen LogP contribution < -0.4 is 16.0 Å². The van der Waals surface area contributed by atoms with Gasteiger partial charge in [-0.3, -0.25) is 9.59 Å². The molecule has 8 heteroatoms. The first kappa shape index (κ1) is 24.8. The zero-order valence-electron chi connectivity index (χ0n) is 18.7. The first-order valence-corrected chi connectivity index (χ1v) is 10.5. The van der Waals surface area contributed by atoms with Crippen LogP contribution >= 0.6 is 0 Å². The van der Waals surface area contributed by atoms with Crippen molar-refractivity contribution in [3.05, 3.63) is 65.5 Å². The summed E-state index contributed by atoms with van der Waals surface area (Å²) in [6.07, 6.45) is -0.0510. The van der Waals surface area contributed by atoms with E-state index >= 15 is 0 Å². The van der Waals surface area contributed by atoms with E-state index < -0.39 is 11.7 Å². The number of alkyl carbamates (subject to hydrolysis) is 1. The van der Waals surface area contributed by atoms with Crippen LogP contribution in [0, 0.1) is 5.82 Å². The number of aryl methyl sites for hydroxylation is 1. The van der Waals surface area contributed by atoms with Gasteiger partial charge in [-0.2, -0.15) is 0 Å². The predicted molar refractivity (Wildman–Crippen MR) is 120 cm³/mol. The molecule has 0 aromatic heterocycles. The third kappa shape index (κ3) is 9.16. The third-order valence-electron chi connectivity index (χ3n) is 4.37. The Hall–Kier alpha value is -3.42. The van der Waals surface area contributed by atoms with Gasteiger partial charge in [-0.15, -0.1) is 0 Å². The molecule has 0 saturated heterocycles. The van der Waals surface area contributed by atoms with E-state index in [0.717, 1.165) is 5.56 Å². The maximum absolute atomic E-state index is 13.7. The number of rotatable bonds is 9. The fraction of sp³-hybridized carbons (Fsp3) is 0.375. The Bertz CT molecular complexity index is 941. The molecule has 0 unspecified atom stereocenters. The summed E-state index contributed by atoms with van der Waals surface area (Å²) in [4.78, 5) is 36.0. The Morgan fingerprint density at radius 3 is 2.22 bits per heavy atom. The molecule has 3 amide bonds. The molecule has 3 N–H and O–H groups in total. The topological polar surface area (TPSA) is 96.5 Å². The number of carbonyl (C=O) groups is 3. The second-order valence-corrected chi connectivity index (χ2v) is 8.25.